The van der Waals surface area contributed by atoms with Crippen molar-refractivity contribution in [2.24, 2.45) is 0 Å². The molecule has 0 aliphatic carbocycles. The number of nitrogens with two attached hydrogens (primary N) is 1. The zero-order valence-corrected chi connectivity index (χ0v) is 8.54. The number of hydrogen-bond acceptors (Lipinski definition) is 2. The third-order valence-corrected chi connectivity index (χ3v) is 2.05. The van der Waals surface area contributed by atoms with E-state index >= 15 is 0 Å². The highest BCUT2D eigenvalue weighted by molar-refractivity contribution is 5.47. The highest BCUT2D eigenvalue weighted by Gasteiger charge is 2.11. The summed E-state index contributed by atoms with van der Waals surface area (Å²) in [5.41, 5.74) is 6.21. The number of aliphatic hydroxyl groups is 1. The molecule has 1 aromatic rings. The second kappa shape index (κ2) is 4.17. The fourth-order valence-corrected chi connectivity index (χ4v) is 0.912. The minimum atomic E-state index is -0.912. The monoisotopic (exact) mass is 189 g/mol. The summed E-state index contributed by atoms with van der Waals surface area (Å²) in [5.74, 6) is 5.70. The summed E-state index contributed by atoms with van der Waals surface area (Å²) >= 11 is 0. The Hall–Kier alpha value is -1.46. The maximum absolute atomic E-state index is 9.65. The van der Waals surface area contributed by atoms with Gasteiger partial charge in [-0.2, -0.15) is 0 Å². The Morgan fingerprint density at radius 2 is 2.21 bits per heavy atom. The Bertz CT molecular complexity index is 371. The molecule has 0 saturated carbocycles. The maximum atomic E-state index is 9.65. The maximum Gasteiger partial charge on any atom is 0.122 e. The van der Waals surface area contributed by atoms with Crippen LogP contribution in [-0.4, -0.2) is 10.7 Å². The molecular formula is C12H15NO. The van der Waals surface area contributed by atoms with Gasteiger partial charge in [-0.3, -0.25) is 0 Å². The molecule has 1 unspecified atom stereocenters. The van der Waals surface area contributed by atoms with E-state index in [1.54, 1.807) is 13.0 Å². The molecule has 1 rings (SSSR count). The van der Waals surface area contributed by atoms with E-state index in [4.69, 9.17) is 5.73 Å². The largest absolute Gasteiger partial charge is 0.399 e. The van der Waals surface area contributed by atoms with Crippen molar-refractivity contribution in [3.05, 3.63) is 29.8 Å². The van der Waals surface area contributed by atoms with Crippen molar-refractivity contribution in [2.75, 3.05) is 5.73 Å². The number of rotatable bonds is 1. The summed E-state index contributed by atoms with van der Waals surface area (Å²) in [4.78, 5) is 0. The van der Waals surface area contributed by atoms with Crippen LogP contribution in [0.25, 0.3) is 0 Å². The molecule has 0 aliphatic heterocycles. The van der Waals surface area contributed by atoms with Crippen molar-refractivity contribution in [1.82, 2.24) is 0 Å². The molecule has 0 saturated heterocycles. The smallest absolute Gasteiger partial charge is 0.122 e. The lowest BCUT2D eigenvalue weighted by molar-refractivity contribution is 0.118. The summed E-state index contributed by atoms with van der Waals surface area (Å²) < 4.78 is 0. The van der Waals surface area contributed by atoms with E-state index in [1.165, 1.54) is 0 Å². The van der Waals surface area contributed by atoms with E-state index in [9.17, 15) is 5.11 Å². The predicted molar refractivity (Wildman–Crippen MR) is 58.6 cm³/mol. The van der Waals surface area contributed by atoms with Gasteiger partial charge in [-0.05, 0) is 31.5 Å². The van der Waals surface area contributed by atoms with Crippen LogP contribution in [0.1, 0.15) is 25.8 Å². The summed E-state index contributed by atoms with van der Waals surface area (Å²) in [6.07, 6.45) is 0.613. The molecular weight excluding hydrogens is 174 g/mol. The van der Waals surface area contributed by atoms with Crippen LogP contribution in [0.4, 0.5) is 5.69 Å². The lowest BCUT2D eigenvalue weighted by Crippen LogP contribution is -2.19. The quantitative estimate of drug-likeness (QED) is 0.522. The molecule has 1 aromatic carbocycles. The van der Waals surface area contributed by atoms with Gasteiger partial charge in [0.15, 0.2) is 0 Å². The van der Waals surface area contributed by atoms with Gasteiger partial charge < -0.3 is 10.8 Å². The first-order chi connectivity index (χ1) is 6.53. The number of anilines is 1. The van der Waals surface area contributed by atoms with Gasteiger partial charge in [0.25, 0.3) is 0 Å². The van der Waals surface area contributed by atoms with Crippen LogP contribution >= 0.6 is 0 Å². The van der Waals surface area contributed by atoms with Crippen molar-refractivity contribution in [3.8, 4) is 11.8 Å². The van der Waals surface area contributed by atoms with Gasteiger partial charge in [0.1, 0.15) is 5.60 Å². The average molecular weight is 189 g/mol. The molecule has 0 aromatic heterocycles. The summed E-state index contributed by atoms with van der Waals surface area (Å²) in [6, 6.07) is 7.32. The molecule has 3 N–H and O–H groups in total. The van der Waals surface area contributed by atoms with E-state index in [1.807, 2.05) is 25.1 Å². The summed E-state index contributed by atoms with van der Waals surface area (Å²) in [6.45, 7) is 3.60. The Morgan fingerprint density at radius 3 is 2.79 bits per heavy atom. The minimum Gasteiger partial charge on any atom is -0.399 e. The molecule has 0 fully saturated rings. The summed E-state index contributed by atoms with van der Waals surface area (Å²) in [5, 5.41) is 9.65. The fraction of sp³-hybridized carbons (Fsp3) is 0.333. The molecule has 0 amide bonds. The lowest BCUT2D eigenvalue weighted by atomic mass is 10.0. The number of nitrogen functional groups attached to an aromatic ring is 1. The Kier molecular flexibility index (Phi) is 3.16. The molecule has 2 nitrogen and oxygen atoms in total. The first kappa shape index (κ1) is 10.6. The van der Waals surface area contributed by atoms with Crippen molar-refractivity contribution >= 4 is 5.69 Å². The van der Waals surface area contributed by atoms with Crippen molar-refractivity contribution in [2.45, 2.75) is 25.9 Å². The van der Waals surface area contributed by atoms with Gasteiger partial charge in [-0.15, -0.1) is 0 Å². The van der Waals surface area contributed by atoms with Crippen LogP contribution < -0.4 is 5.73 Å². The van der Waals surface area contributed by atoms with Crippen LogP contribution in [-0.2, 0) is 0 Å². The van der Waals surface area contributed by atoms with Crippen LogP contribution in [0.3, 0.4) is 0 Å². The van der Waals surface area contributed by atoms with Gasteiger partial charge in [-0.25, -0.2) is 0 Å². The highest BCUT2D eigenvalue weighted by Crippen LogP contribution is 2.08. The Balaban J connectivity index is 2.88. The first-order valence-corrected chi connectivity index (χ1v) is 4.64. The molecule has 0 bridgehead atoms. The molecule has 0 spiro atoms. The third-order valence-electron chi connectivity index (χ3n) is 2.05. The van der Waals surface area contributed by atoms with Gasteiger partial charge in [0, 0.05) is 11.3 Å². The molecule has 0 aliphatic rings. The van der Waals surface area contributed by atoms with E-state index < -0.39 is 5.60 Å². The lowest BCUT2D eigenvalue weighted by Gasteiger charge is -2.11. The van der Waals surface area contributed by atoms with E-state index in [-0.39, 0.29) is 0 Å². The van der Waals surface area contributed by atoms with Crippen LogP contribution in [0.15, 0.2) is 24.3 Å². The van der Waals surface area contributed by atoms with Crippen molar-refractivity contribution < 1.29 is 5.11 Å². The SMILES string of the molecule is CCC(C)(O)C#Cc1cccc(N)c1. The highest BCUT2D eigenvalue weighted by atomic mass is 16.3. The molecule has 74 valence electrons. The van der Waals surface area contributed by atoms with Gasteiger partial charge in [0.05, 0.1) is 0 Å². The topological polar surface area (TPSA) is 46.2 Å². The standard InChI is InChI=1S/C12H15NO/c1-3-12(2,14)8-7-10-5-4-6-11(13)9-10/h4-6,9,14H,3,13H2,1-2H3. The van der Waals surface area contributed by atoms with E-state index in [0.29, 0.717) is 12.1 Å². The second-order valence-electron chi connectivity index (χ2n) is 3.50. The minimum absolute atomic E-state index is 0.613. The second-order valence-corrected chi connectivity index (χ2v) is 3.50. The van der Waals surface area contributed by atoms with Crippen LogP contribution in [0.2, 0.25) is 0 Å². The first-order valence-electron chi connectivity index (χ1n) is 4.64. The number of hydrogen-bond donors (Lipinski definition) is 2. The normalized spacial score (nSPS) is 13.9. The van der Waals surface area contributed by atoms with Crippen LogP contribution in [0, 0.1) is 11.8 Å². The average Bonchev–Trinajstić information content (AvgIpc) is 2.15. The zero-order valence-electron chi connectivity index (χ0n) is 8.54. The molecule has 0 heterocycles. The summed E-state index contributed by atoms with van der Waals surface area (Å²) in [7, 11) is 0. The predicted octanol–water partition coefficient (Wildman–Crippen LogP) is 1.78. The van der Waals surface area contributed by atoms with E-state index in [2.05, 4.69) is 11.8 Å². The van der Waals surface area contributed by atoms with Crippen LogP contribution in [0.5, 0.6) is 0 Å². The van der Waals surface area contributed by atoms with Gasteiger partial charge in [-0.1, -0.05) is 24.8 Å². The zero-order chi connectivity index (χ0) is 10.6. The Morgan fingerprint density at radius 1 is 1.50 bits per heavy atom. The Labute approximate surface area is 84.8 Å². The van der Waals surface area contributed by atoms with Crippen molar-refractivity contribution in [1.29, 1.82) is 0 Å². The molecule has 2 heteroatoms. The number of benzene rings is 1. The molecule has 14 heavy (non-hydrogen) atoms. The third kappa shape index (κ3) is 3.12. The van der Waals surface area contributed by atoms with Gasteiger partial charge >= 0.3 is 0 Å². The van der Waals surface area contributed by atoms with Crippen molar-refractivity contribution in [3.63, 3.8) is 0 Å². The fourth-order valence-electron chi connectivity index (χ4n) is 0.912. The molecule has 1 atom stereocenters. The molecule has 0 radical (unpaired) electrons. The van der Waals surface area contributed by atoms with Gasteiger partial charge in [0.2, 0.25) is 0 Å². The van der Waals surface area contributed by atoms with E-state index in [0.717, 1.165) is 5.56 Å².